The molecule has 0 amide bonds. The van der Waals surface area contributed by atoms with Crippen LogP contribution in [0.1, 0.15) is 49.9 Å². The topological polar surface area (TPSA) is 24.1 Å². The third-order valence-corrected chi connectivity index (χ3v) is 4.23. The number of hydrogen-bond acceptors (Lipinski definition) is 1. The summed E-state index contributed by atoms with van der Waals surface area (Å²) in [5.74, 6) is 0. The summed E-state index contributed by atoms with van der Waals surface area (Å²) in [7, 11) is 0. The van der Waals surface area contributed by atoms with Crippen molar-refractivity contribution in [2.45, 2.75) is 46.1 Å². The highest BCUT2D eigenvalue weighted by Crippen LogP contribution is 2.17. The van der Waals surface area contributed by atoms with Gasteiger partial charge in [0.1, 0.15) is 0 Å². The number of rotatable bonds is 6. The Morgan fingerprint density at radius 1 is 1.04 bits per heavy atom. The second kappa shape index (κ2) is 8.68. The average molecular weight is 327 g/mol. The van der Waals surface area contributed by atoms with Gasteiger partial charge in [-0.3, -0.25) is 0 Å². The van der Waals surface area contributed by atoms with Crippen LogP contribution in [0, 0.1) is 0 Å². The van der Waals surface area contributed by atoms with Crippen LogP contribution in [0.3, 0.4) is 0 Å². The highest BCUT2D eigenvalue weighted by atomic mass is 32.1. The van der Waals surface area contributed by atoms with Crippen LogP contribution < -0.4 is 10.6 Å². The zero-order valence-corrected chi connectivity index (χ0v) is 15.0. The Labute approximate surface area is 145 Å². The Morgan fingerprint density at radius 3 is 2.39 bits per heavy atom. The van der Waals surface area contributed by atoms with Crippen molar-refractivity contribution in [3.05, 3.63) is 65.2 Å². The molecule has 122 valence electrons. The fourth-order valence-electron chi connectivity index (χ4n) is 2.65. The molecule has 0 fully saturated rings. The number of anilines is 1. The third-order valence-electron chi connectivity index (χ3n) is 4.01. The van der Waals surface area contributed by atoms with E-state index in [0.29, 0.717) is 5.11 Å². The molecular formula is C20H26N2S. The van der Waals surface area contributed by atoms with Crippen LogP contribution in [0.15, 0.2) is 48.5 Å². The van der Waals surface area contributed by atoms with Crippen molar-refractivity contribution < 1.29 is 0 Å². The Kier molecular flexibility index (Phi) is 6.60. The van der Waals surface area contributed by atoms with Gasteiger partial charge in [0, 0.05) is 5.69 Å². The number of benzene rings is 2. The molecule has 1 atom stereocenters. The molecule has 3 heteroatoms. The van der Waals surface area contributed by atoms with E-state index in [0.717, 1.165) is 18.5 Å². The highest BCUT2D eigenvalue weighted by molar-refractivity contribution is 7.80. The largest absolute Gasteiger partial charge is 0.356 e. The standard InChI is InChI=1S/C20H26N2S/c1-4-8-16-11-13-18(14-12-16)15(3)21-20(23)22-19-10-7-6-9-17(19)5-2/h6-7,9-15H,4-5,8H2,1-3H3,(H2,21,22,23)/t15-/m1/s1. The minimum absolute atomic E-state index is 0.180. The maximum absolute atomic E-state index is 5.46. The van der Waals surface area contributed by atoms with Gasteiger partial charge in [-0.2, -0.15) is 0 Å². The van der Waals surface area contributed by atoms with Gasteiger partial charge in [-0.05, 0) is 54.7 Å². The predicted octanol–water partition coefficient (Wildman–Crippen LogP) is 5.25. The summed E-state index contributed by atoms with van der Waals surface area (Å²) < 4.78 is 0. The van der Waals surface area contributed by atoms with E-state index in [1.54, 1.807) is 0 Å². The summed E-state index contributed by atoms with van der Waals surface area (Å²) in [4.78, 5) is 0. The molecule has 0 aliphatic carbocycles. The molecular weight excluding hydrogens is 300 g/mol. The average Bonchev–Trinajstić information content (AvgIpc) is 2.56. The lowest BCUT2D eigenvalue weighted by atomic mass is 10.0. The second-order valence-electron chi connectivity index (χ2n) is 5.82. The fourth-order valence-corrected chi connectivity index (χ4v) is 2.94. The highest BCUT2D eigenvalue weighted by Gasteiger charge is 2.08. The van der Waals surface area contributed by atoms with Crippen molar-refractivity contribution in [2.75, 3.05) is 5.32 Å². The molecule has 0 saturated carbocycles. The van der Waals surface area contributed by atoms with Crippen molar-refractivity contribution in [3.8, 4) is 0 Å². The molecule has 2 nitrogen and oxygen atoms in total. The predicted molar refractivity (Wildman–Crippen MR) is 104 cm³/mol. The van der Waals surface area contributed by atoms with E-state index >= 15 is 0 Å². The van der Waals surface area contributed by atoms with Crippen LogP contribution in [0.4, 0.5) is 5.69 Å². The third kappa shape index (κ3) is 5.07. The number of para-hydroxylation sites is 1. The molecule has 0 aliphatic rings. The van der Waals surface area contributed by atoms with Crippen LogP contribution in [0.25, 0.3) is 0 Å². The first-order valence-corrected chi connectivity index (χ1v) is 8.79. The van der Waals surface area contributed by atoms with Crippen molar-refractivity contribution in [2.24, 2.45) is 0 Å². The van der Waals surface area contributed by atoms with Crippen LogP contribution in [-0.4, -0.2) is 5.11 Å². The summed E-state index contributed by atoms with van der Waals surface area (Å²) in [6, 6.07) is 17.2. The maximum Gasteiger partial charge on any atom is 0.171 e. The smallest absolute Gasteiger partial charge is 0.171 e. The van der Waals surface area contributed by atoms with Gasteiger partial charge in [0.2, 0.25) is 0 Å². The SMILES string of the molecule is CCCc1ccc([C@@H](C)NC(=S)Nc2ccccc2CC)cc1. The van der Waals surface area contributed by atoms with Crippen molar-refractivity contribution >= 4 is 23.0 Å². The van der Waals surface area contributed by atoms with E-state index < -0.39 is 0 Å². The molecule has 0 heterocycles. The first-order chi connectivity index (χ1) is 11.1. The van der Waals surface area contributed by atoms with Gasteiger partial charge in [0.05, 0.1) is 6.04 Å². The van der Waals surface area contributed by atoms with E-state index in [-0.39, 0.29) is 6.04 Å². The Bertz CT molecular complexity index is 634. The Morgan fingerprint density at radius 2 is 1.74 bits per heavy atom. The van der Waals surface area contributed by atoms with Gasteiger partial charge in [-0.1, -0.05) is 62.7 Å². The minimum atomic E-state index is 0.180. The van der Waals surface area contributed by atoms with E-state index in [9.17, 15) is 0 Å². The number of hydrogen-bond donors (Lipinski definition) is 2. The zero-order chi connectivity index (χ0) is 16.7. The lowest BCUT2D eigenvalue weighted by Crippen LogP contribution is -2.31. The second-order valence-corrected chi connectivity index (χ2v) is 6.23. The quantitative estimate of drug-likeness (QED) is 0.709. The normalized spacial score (nSPS) is 11.8. The number of nitrogens with one attached hydrogen (secondary N) is 2. The summed E-state index contributed by atoms with van der Waals surface area (Å²) in [5, 5.41) is 7.34. The summed E-state index contributed by atoms with van der Waals surface area (Å²) in [6.07, 6.45) is 3.30. The van der Waals surface area contributed by atoms with Gasteiger partial charge in [-0.15, -0.1) is 0 Å². The molecule has 23 heavy (non-hydrogen) atoms. The van der Waals surface area contributed by atoms with Gasteiger partial charge in [0.25, 0.3) is 0 Å². The molecule has 0 aromatic heterocycles. The van der Waals surface area contributed by atoms with Crippen LogP contribution in [0.5, 0.6) is 0 Å². The summed E-state index contributed by atoms with van der Waals surface area (Å²) in [6.45, 7) is 6.49. The van der Waals surface area contributed by atoms with Gasteiger partial charge in [-0.25, -0.2) is 0 Å². The Balaban J connectivity index is 1.96. The van der Waals surface area contributed by atoms with Crippen molar-refractivity contribution in [1.82, 2.24) is 5.32 Å². The lowest BCUT2D eigenvalue weighted by molar-refractivity contribution is 0.721. The lowest BCUT2D eigenvalue weighted by Gasteiger charge is -2.19. The first-order valence-electron chi connectivity index (χ1n) is 8.38. The zero-order valence-electron chi connectivity index (χ0n) is 14.2. The molecule has 0 unspecified atom stereocenters. The van der Waals surface area contributed by atoms with Crippen molar-refractivity contribution in [1.29, 1.82) is 0 Å². The van der Waals surface area contributed by atoms with Crippen LogP contribution in [0.2, 0.25) is 0 Å². The van der Waals surface area contributed by atoms with Gasteiger partial charge >= 0.3 is 0 Å². The van der Waals surface area contributed by atoms with E-state index in [1.807, 2.05) is 6.07 Å². The molecule has 0 aliphatic heterocycles. The van der Waals surface area contributed by atoms with E-state index in [4.69, 9.17) is 12.2 Å². The number of thiocarbonyl (C=S) groups is 1. The monoisotopic (exact) mass is 326 g/mol. The van der Waals surface area contributed by atoms with Crippen LogP contribution in [-0.2, 0) is 12.8 Å². The van der Waals surface area contributed by atoms with E-state index in [2.05, 4.69) is 73.9 Å². The summed E-state index contributed by atoms with van der Waals surface area (Å²) >= 11 is 5.46. The molecule has 2 rings (SSSR count). The fraction of sp³-hybridized carbons (Fsp3) is 0.350. The van der Waals surface area contributed by atoms with E-state index in [1.165, 1.54) is 23.1 Å². The molecule has 2 aromatic carbocycles. The van der Waals surface area contributed by atoms with Gasteiger partial charge < -0.3 is 10.6 Å². The molecule has 0 saturated heterocycles. The molecule has 0 bridgehead atoms. The minimum Gasteiger partial charge on any atom is -0.356 e. The first kappa shape index (κ1) is 17.5. The van der Waals surface area contributed by atoms with Gasteiger partial charge in [0.15, 0.2) is 5.11 Å². The molecule has 2 aromatic rings. The molecule has 2 N–H and O–H groups in total. The molecule has 0 radical (unpaired) electrons. The summed E-state index contributed by atoms with van der Waals surface area (Å²) in [5.41, 5.74) is 4.99. The number of aryl methyl sites for hydroxylation is 2. The maximum atomic E-state index is 5.46. The van der Waals surface area contributed by atoms with Crippen LogP contribution >= 0.6 is 12.2 Å². The van der Waals surface area contributed by atoms with Crippen molar-refractivity contribution in [3.63, 3.8) is 0 Å². The Hall–Kier alpha value is -1.87. The molecule has 0 spiro atoms.